The van der Waals surface area contributed by atoms with Crippen LogP contribution in [0.3, 0.4) is 0 Å². The second-order valence-electron chi connectivity index (χ2n) is 3.18. The van der Waals surface area contributed by atoms with Crippen LogP contribution in [-0.4, -0.2) is 31.3 Å². The topological polar surface area (TPSA) is 64.4 Å². The molecule has 0 spiro atoms. The van der Waals surface area contributed by atoms with Gasteiger partial charge in [-0.3, -0.25) is 4.79 Å². The fourth-order valence-electron chi connectivity index (χ4n) is 1.14. The molecule has 1 amide bonds. The van der Waals surface area contributed by atoms with Crippen LogP contribution in [0.5, 0.6) is 0 Å². The van der Waals surface area contributed by atoms with Crippen LogP contribution in [0.1, 0.15) is 29.6 Å². The Morgan fingerprint density at radius 2 is 2.47 bits per heavy atom. The van der Waals surface area contributed by atoms with Gasteiger partial charge in [-0.1, -0.05) is 12.1 Å². The highest BCUT2D eigenvalue weighted by atomic mass is 16.5. The first-order chi connectivity index (χ1) is 7.27. The van der Waals surface area contributed by atoms with Crippen LogP contribution in [0.4, 0.5) is 0 Å². The van der Waals surface area contributed by atoms with Crippen molar-refractivity contribution in [2.45, 2.75) is 19.8 Å². The van der Waals surface area contributed by atoms with E-state index in [0.29, 0.717) is 18.8 Å². The first-order valence-electron chi connectivity index (χ1n) is 5.00. The Bertz CT molecular complexity index is 309. The van der Waals surface area contributed by atoms with Crippen LogP contribution in [0.15, 0.2) is 10.6 Å². The molecule has 0 unspecified atom stereocenters. The van der Waals surface area contributed by atoms with Crippen molar-refractivity contribution in [2.75, 3.05) is 20.3 Å². The van der Waals surface area contributed by atoms with Crippen LogP contribution >= 0.6 is 0 Å². The standard InChI is InChI=1S/C10H16N2O3/c1-3-4-8-7-9(12-15-8)10(13)11-5-6-14-2/h7H,3-6H2,1-2H3,(H,11,13). The van der Waals surface area contributed by atoms with E-state index in [9.17, 15) is 4.79 Å². The Morgan fingerprint density at radius 1 is 1.67 bits per heavy atom. The van der Waals surface area contributed by atoms with Crippen LogP contribution < -0.4 is 5.32 Å². The van der Waals surface area contributed by atoms with Gasteiger partial charge in [0.25, 0.3) is 5.91 Å². The highest BCUT2D eigenvalue weighted by molar-refractivity contribution is 5.92. The zero-order valence-corrected chi connectivity index (χ0v) is 9.08. The van der Waals surface area contributed by atoms with Crippen molar-refractivity contribution in [1.29, 1.82) is 0 Å². The maximum atomic E-state index is 11.4. The maximum Gasteiger partial charge on any atom is 0.273 e. The second-order valence-corrected chi connectivity index (χ2v) is 3.18. The van der Waals surface area contributed by atoms with Gasteiger partial charge in [-0.05, 0) is 6.42 Å². The summed E-state index contributed by atoms with van der Waals surface area (Å²) in [5.74, 6) is 0.521. The Kier molecular flexibility index (Phi) is 4.83. The molecule has 0 fully saturated rings. The average molecular weight is 212 g/mol. The molecule has 5 nitrogen and oxygen atoms in total. The Labute approximate surface area is 88.8 Å². The van der Waals surface area contributed by atoms with Crippen LogP contribution in [0.2, 0.25) is 0 Å². The third-order valence-corrected chi connectivity index (χ3v) is 1.88. The molecule has 1 N–H and O–H groups in total. The van der Waals surface area contributed by atoms with Gasteiger partial charge < -0.3 is 14.6 Å². The van der Waals surface area contributed by atoms with Gasteiger partial charge in [-0.25, -0.2) is 0 Å². The van der Waals surface area contributed by atoms with Crippen molar-refractivity contribution in [3.63, 3.8) is 0 Å². The molecule has 0 aliphatic carbocycles. The first kappa shape index (κ1) is 11.7. The van der Waals surface area contributed by atoms with Gasteiger partial charge in [0, 0.05) is 26.1 Å². The molecular formula is C10H16N2O3. The lowest BCUT2D eigenvalue weighted by Crippen LogP contribution is -2.27. The van der Waals surface area contributed by atoms with Crippen molar-refractivity contribution in [3.8, 4) is 0 Å². The minimum Gasteiger partial charge on any atom is -0.383 e. The predicted octanol–water partition coefficient (Wildman–Crippen LogP) is 1.00. The van der Waals surface area contributed by atoms with E-state index in [1.54, 1.807) is 13.2 Å². The summed E-state index contributed by atoms with van der Waals surface area (Å²) in [6.45, 7) is 3.01. The summed E-state index contributed by atoms with van der Waals surface area (Å²) >= 11 is 0. The summed E-state index contributed by atoms with van der Waals surface area (Å²) < 4.78 is 9.80. The quantitative estimate of drug-likeness (QED) is 0.714. The lowest BCUT2D eigenvalue weighted by Gasteiger charge is -1.99. The third kappa shape index (κ3) is 3.71. The van der Waals surface area contributed by atoms with E-state index < -0.39 is 0 Å². The van der Waals surface area contributed by atoms with E-state index in [1.807, 2.05) is 6.92 Å². The molecule has 1 rings (SSSR count). The number of ether oxygens (including phenoxy) is 1. The van der Waals surface area contributed by atoms with Crippen molar-refractivity contribution >= 4 is 5.91 Å². The lowest BCUT2D eigenvalue weighted by atomic mass is 10.2. The molecule has 0 saturated carbocycles. The number of nitrogens with one attached hydrogen (secondary N) is 1. The summed E-state index contributed by atoms with van der Waals surface area (Å²) in [5.41, 5.74) is 0.328. The van der Waals surface area contributed by atoms with Crippen LogP contribution in [0.25, 0.3) is 0 Å². The van der Waals surface area contributed by atoms with Gasteiger partial charge in [0.1, 0.15) is 5.76 Å². The Balaban J connectivity index is 2.43. The number of nitrogens with zero attached hydrogens (tertiary/aromatic N) is 1. The fourth-order valence-corrected chi connectivity index (χ4v) is 1.14. The number of hydrogen-bond acceptors (Lipinski definition) is 4. The molecule has 1 heterocycles. The molecule has 1 aromatic heterocycles. The van der Waals surface area contributed by atoms with E-state index in [2.05, 4.69) is 10.5 Å². The summed E-state index contributed by atoms with van der Waals surface area (Å²) in [7, 11) is 1.58. The molecule has 15 heavy (non-hydrogen) atoms. The predicted molar refractivity (Wildman–Crippen MR) is 54.7 cm³/mol. The summed E-state index contributed by atoms with van der Waals surface area (Å²) in [6.07, 6.45) is 1.78. The van der Waals surface area contributed by atoms with Gasteiger partial charge in [0.2, 0.25) is 0 Å². The number of rotatable bonds is 6. The van der Waals surface area contributed by atoms with Crippen molar-refractivity contribution in [3.05, 3.63) is 17.5 Å². The molecular weight excluding hydrogens is 196 g/mol. The molecule has 84 valence electrons. The van der Waals surface area contributed by atoms with Crippen molar-refractivity contribution in [2.24, 2.45) is 0 Å². The largest absolute Gasteiger partial charge is 0.383 e. The SMILES string of the molecule is CCCc1cc(C(=O)NCCOC)no1. The summed E-state index contributed by atoms with van der Waals surface area (Å²) in [5, 5.41) is 6.35. The van der Waals surface area contributed by atoms with Gasteiger partial charge in [-0.15, -0.1) is 0 Å². The highest BCUT2D eigenvalue weighted by Gasteiger charge is 2.10. The molecule has 1 aromatic rings. The number of carbonyl (C=O) groups excluding carboxylic acids is 1. The number of hydrogen-bond donors (Lipinski definition) is 1. The number of amides is 1. The fraction of sp³-hybridized carbons (Fsp3) is 0.600. The number of aryl methyl sites for hydroxylation is 1. The molecule has 0 saturated heterocycles. The molecule has 5 heteroatoms. The second kappa shape index (κ2) is 6.19. The van der Waals surface area contributed by atoms with Crippen LogP contribution in [-0.2, 0) is 11.2 Å². The maximum absolute atomic E-state index is 11.4. The molecule has 0 aromatic carbocycles. The van der Waals surface area contributed by atoms with Gasteiger partial charge in [0.05, 0.1) is 6.61 Å². The van der Waals surface area contributed by atoms with E-state index in [4.69, 9.17) is 9.26 Å². The average Bonchev–Trinajstić information content (AvgIpc) is 2.67. The lowest BCUT2D eigenvalue weighted by molar-refractivity contribution is 0.0928. The Hall–Kier alpha value is -1.36. The molecule has 0 aliphatic heterocycles. The zero-order chi connectivity index (χ0) is 11.1. The Morgan fingerprint density at radius 3 is 3.13 bits per heavy atom. The summed E-state index contributed by atoms with van der Waals surface area (Å²) in [6, 6.07) is 1.67. The summed E-state index contributed by atoms with van der Waals surface area (Å²) in [4.78, 5) is 11.4. The minimum absolute atomic E-state index is 0.224. The number of methoxy groups -OCH3 is 1. The van der Waals surface area contributed by atoms with Gasteiger partial charge in [-0.2, -0.15) is 0 Å². The van der Waals surface area contributed by atoms with E-state index in [1.165, 1.54) is 0 Å². The third-order valence-electron chi connectivity index (χ3n) is 1.88. The normalized spacial score (nSPS) is 10.3. The van der Waals surface area contributed by atoms with Gasteiger partial charge >= 0.3 is 0 Å². The van der Waals surface area contributed by atoms with Crippen molar-refractivity contribution < 1.29 is 14.1 Å². The van der Waals surface area contributed by atoms with E-state index in [0.717, 1.165) is 18.6 Å². The van der Waals surface area contributed by atoms with Crippen LogP contribution in [0, 0.1) is 0 Å². The van der Waals surface area contributed by atoms with E-state index in [-0.39, 0.29) is 5.91 Å². The molecule has 0 atom stereocenters. The smallest absolute Gasteiger partial charge is 0.273 e. The highest BCUT2D eigenvalue weighted by Crippen LogP contribution is 2.05. The number of carbonyl (C=O) groups is 1. The van der Waals surface area contributed by atoms with Gasteiger partial charge in [0.15, 0.2) is 5.69 Å². The first-order valence-corrected chi connectivity index (χ1v) is 5.00. The molecule has 0 radical (unpaired) electrons. The molecule has 0 aliphatic rings. The monoisotopic (exact) mass is 212 g/mol. The number of aromatic nitrogens is 1. The van der Waals surface area contributed by atoms with E-state index >= 15 is 0 Å². The van der Waals surface area contributed by atoms with Crippen molar-refractivity contribution in [1.82, 2.24) is 10.5 Å². The zero-order valence-electron chi connectivity index (χ0n) is 9.08. The minimum atomic E-state index is -0.224. The molecule has 0 bridgehead atoms.